The van der Waals surface area contributed by atoms with E-state index in [0.29, 0.717) is 12.3 Å². The Bertz CT molecular complexity index is 1310. The number of rotatable bonds is 4. The molecule has 0 radical (unpaired) electrons. The van der Waals surface area contributed by atoms with Crippen LogP contribution in [0.5, 0.6) is 0 Å². The van der Waals surface area contributed by atoms with Crippen molar-refractivity contribution < 1.29 is 14.3 Å². The Morgan fingerprint density at radius 3 is 2.00 bits per heavy atom. The summed E-state index contributed by atoms with van der Waals surface area (Å²) < 4.78 is 4.65. The molecule has 0 aliphatic heterocycles. The van der Waals surface area contributed by atoms with E-state index in [1.807, 2.05) is 48.5 Å². The van der Waals surface area contributed by atoms with Gasteiger partial charge in [-0.1, -0.05) is 60.7 Å². The van der Waals surface area contributed by atoms with E-state index in [-0.39, 0.29) is 22.1 Å². The van der Waals surface area contributed by atoms with E-state index >= 15 is 0 Å². The molecule has 186 valence electrons. The van der Waals surface area contributed by atoms with Crippen molar-refractivity contribution in [2.24, 2.45) is 11.5 Å². The largest absolute Gasteiger partial charge is 0.460 e. The number of ether oxygens (including phenoxy) is 1. The van der Waals surface area contributed by atoms with Crippen molar-refractivity contribution in [3.05, 3.63) is 104 Å². The van der Waals surface area contributed by atoms with Crippen LogP contribution in [0, 0.1) is 17.9 Å². The van der Waals surface area contributed by atoms with Crippen molar-refractivity contribution in [1.29, 1.82) is 0 Å². The summed E-state index contributed by atoms with van der Waals surface area (Å²) in [5, 5.41) is 0.000000000000000222. The zero-order valence-corrected chi connectivity index (χ0v) is 20.9. The highest BCUT2D eigenvalue weighted by molar-refractivity contribution is 7.80. The fourth-order valence-electron chi connectivity index (χ4n) is 2.20. The first-order valence-corrected chi connectivity index (χ1v) is 10.8. The summed E-state index contributed by atoms with van der Waals surface area (Å²) in [4.78, 5) is 43.0. The number of H-pyrrole nitrogens is 2. The first-order valence-electron chi connectivity index (χ1n) is 10.0. The number of hydrogen-bond donors (Lipinski definition) is 4. The van der Waals surface area contributed by atoms with Gasteiger partial charge in [0.15, 0.2) is 9.88 Å². The quantitative estimate of drug-likeness (QED) is 0.174. The molecule has 0 aliphatic carbocycles. The molecule has 0 aliphatic rings. The van der Waals surface area contributed by atoms with Crippen LogP contribution in [-0.2, 0) is 9.53 Å². The fourth-order valence-corrected chi connectivity index (χ4v) is 2.40. The van der Waals surface area contributed by atoms with Gasteiger partial charge in [0.2, 0.25) is 0 Å². The van der Waals surface area contributed by atoms with Crippen LogP contribution in [0.25, 0.3) is 20.9 Å². The molecule has 12 heteroatoms. The standard InChI is InChI=1S/C11H7N3OS.C7H6O.C5H7NO2.CH4N2S/c1-12-9-8(7-5-3-2-4-6-7)13-11(16)14-10(9)15;8-6-7-4-2-1-3-5-7;1-3-8-5(7)4-6-2;2-1(3)4/h2-6H,(H2,13,14,15,16);1-6H;3-4H2,1H3;(H4,2,3,4). The molecule has 3 rings (SSSR count). The highest BCUT2D eigenvalue weighted by Gasteiger charge is 2.09. The molecule has 1 aromatic heterocycles. The second-order valence-electron chi connectivity index (χ2n) is 6.16. The summed E-state index contributed by atoms with van der Waals surface area (Å²) in [6, 6.07) is 18.3. The molecular weight excluding hydrogens is 500 g/mol. The molecule has 0 saturated heterocycles. The molecule has 10 nitrogen and oxygen atoms in total. The third kappa shape index (κ3) is 13.8. The smallest absolute Gasteiger partial charge is 0.387 e. The predicted molar refractivity (Wildman–Crippen MR) is 145 cm³/mol. The third-order valence-corrected chi connectivity index (χ3v) is 3.75. The maximum Gasteiger partial charge on any atom is 0.387 e. The molecule has 36 heavy (non-hydrogen) atoms. The summed E-state index contributed by atoms with van der Waals surface area (Å²) in [6.45, 7) is 15.1. The molecule has 0 unspecified atom stereocenters. The normalized spacial score (nSPS) is 8.53. The number of aromatic nitrogens is 2. The minimum absolute atomic E-state index is 0.000000000000000222. The maximum absolute atomic E-state index is 11.5. The number of carbonyl (C=O) groups is 2. The molecule has 6 N–H and O–H groups in total. The Morgan fingerprint density at radius 1 is 1.06 bits per heavy atom. The Hall–Kier alpha value is -4.65. The van der Waals surface area contributed by atoms with Crippen LogP contribution in [0.4, 0.5) is 5.69 Å². The second kappa shape index (κ2) is 18.7. The van der Waals surface area contributed by atoms with Crippen LogP contribution in [0.3, 0.4) is 0 Å². The summed E-state index contributed by atoms with van der Waals surface area (Å²) in [5.41, 5.74) is 10.8. The molecule has 0 spiro atoms. The van der Waals surface area contributed by atoms with Gasteiger partial charge in [0.05, 0.1) is 18.9 Å². The lowest BCUT2D eigenvalue weighted by Gasteiger charge is -2.03. The second-order valence-corrected chi connectivity index (χ2v) is 7.04. The van der Waals surface area contributed by atoms with Crippen LogP contribution >= 0.6 is 24.4 Å². The highest BCUT2D eigenvalue weighted by atomic mass is 32.1. The van der Waals surface area contributed by atoms with E-state index in [9.17, 15) is 14.4 Å². The molecule has 0 fully saturated rings. The SMILES string of the molecule is NC(N)=S.O=Cc1ccccc1.[C-]#[N+]CC(=O)OCC.[C-]#[N+]c1c(-c2ccccc2)[nH]c(=S)[nH]c1=O. The summed E-state index contributed by atoms with van der Waals surface area (Å²) in [5.74, 6) is -0.442. The minimum Gasteiger partial charge on any atom is -0.460 e. The van der Waals surface area contributed by atoms with Gasteiger partial charge in [0, 0.05) is 5.56 Å². The zero-order chi connectivity index (χ0) is 27.3. The number of thiocarbonyl (C=S) groups is 1. The van der Waals surface area contributed by atoms with Gasteiger partial charge in [0.25, 0.3) is 11.2 Å². The fraction of sp³-hybridized carbons (Fsp3) is 0.125. The number of nitrogens with two attached hydrogens (primary N) is 2. The number of nitrogens with zero attached hydrogens (tertiary/aromatic N) is 2. The van der Waals surface area contributed by atoms with Gasteiger partial charge >= 0.3 is 12.5 Å². The molecule has 2 aromatic carbocycles. The minimum atomic E-state index is -0.461. The van der Waals surface area contributed by atoms with Crippen molar-refractivity contribution in [1.82, 2.24) is 9.97 Å². The van der Waals surface area contributed by atoms with Gasteiger partial charge in [-0.3, -0.25) is 9.59 Å². The van der Waals surface area contributed by atoms with Crippen LogP contribution < -0.4 is 17.0 Å². The molecule has 3 aromatic rings. The molecule has 0 saturated carbocycles. The van der Waals surface area contributed by atoms with E-state index in [2.05, 4.69) is 48.1 Å². The van der Waals surface area contributed by atoms with Crippen LogP contribution in [0.15, 0.2) is 65.5 Å². The van der Waals surface area contributed by atoms with Crippen molar-refractivity contribution in [3.8, 4) is 11.3 Å². The Kier molecular flexibility index (Phi) is 16.3. The van der Waals surface area contributed by atoms with Crippen molar-refractivity contribution in [2.45, 2.75) is 6.92 Å². The molecular formula is C24H24N6O4S2. The first-order chi connectivity index (χ1) is 17.2. The number of carbonyl (C=O) groups excluding carboxylic acids is 2. The van der Waals surface area contributed by atoms with E-state index in [4.69, 9.17) is 25.4 Å². The average molecular weight is 525 g/mol. The Balaban J connectivity index is 0.000000518. The zero-order valence-electron chi connectivity index (χ0n) is 19.3. The van der Waals surface area contributed by atoms with Gasteiger partial charge in [-0.2, -0.15) is 0 Å². The van der Waals surface area contributed by atoms with Crippen molar-refractivity contribution in [2.75, 3.05) is 13.2 Å². The predicted octanol–water partition coefficient (Wildman–Crippen LogP) is 3.81. The van der Waals surface area contributed by atoms with E-state index < -0.39 is 11.5 Å². The van der Waals surface area contributed by atoms with Gasteiger partial charge in [-0.15, -0.1) is 0 Å². The summed E-state index contributed by atoms with van der Waals surface area (Å²) >= 11 is 8.97. The number of aldehydes is 1. The number of aromatic amines is 2. The molecule has 1 heterocycles. The van der Waals surface area contributed by atoms with E-state index in [1.54, 1.807) is 19.1 Å². The number of benzene rings is 2. The molecule has 0 bridgehead atoms. The lowest BCUT2D eigenvalue weighted by Crippen LogP contribution is -2.18. The highest BCUT2D eigenvalue weighted by Crippen LogP contribution is 2.23. The summed E-state index contributed by atoms with van der Waals surface area (Å²) in [7, 11) is 0. The number of nitrogens with one attached hydrogen (secondary N) is 2. The van der Waals surface area contributed by atoms with Crippen LogP contribution in [0.1, 0.15) is 17.3 Å². The number of hydrogen-bond acceptors (Lipinski definition) is 6. The lowest BCUT2D eigenvalue weighted by atomic mass is 10.1. The maximum atomic E-state index is 11.5. The summed E-state index contributed by atoms with van der Waals surface area (Å²) in [6.07, 6.45) is 0.833. The lowest BCUT2D eigenvalue weighted by molar-refractivity contribution is -0.140. The Labute approximate surface area is 218 Å². The topological polar surface area (TPSA) is 153 Å². The van der Waals surface area contributed by atoms with Crippen molar-refractivity contribution in [3.63, 3.8) is 0 Å². The molecule has 0 atom stereocenters. The average Bonchev–Trinajstić information content (AvgIpc) is 2.85. The molecule has 0 amide bonds. The van der Waals surface area contributed by atoms with E-state index in [0.717, 1.165) is 17.4 Å². The monoisotopic (exact) mass is 524 g/mol. The Morgan fingerprint density at radius 2 is 1.58 bits per heavy atom. The van der Waals surface area contributed by atoms with Crippen molar-refractivity contribution >= 4 is 47.5 Å². The van der Waals surface area contributed by atoms with Gasteiger partial charge < -0.3 is 31.0 Å². The van der Waals surface area contributed by atoms with Gasteiger partial charge in [0.1, 0.15) is 6.29 Å². The van der Waals surface area contributed by atoms with Crippen LogP contribution in [-0.4, -0.2) is 40.5 Å². The first kappa shape index (κ1) is 31.4. The third-order valence-electron chi connectivity index (χ3n) is 3.54. The van der Waals surface area contributed by atoms with Gasteiger partial charge in [-0.25, -0.2) is 16.2 Å². The van der Waals surface area contributed by atoms with Gasteiger partial charge in [-0.05, 0) is 36.9 Å². The van der Waals surface area contributed by atoms with E-state index in [1.165, 1.54) is 0 Å². The number of esters is 1. The van der Waals surface area contributed by atoms with Crippen LogP contribution in [0.2, 0.25) is 0 Å².